The summed E-state index contributed by atoms with van der Waals surface area (Å²) in [5, 5.41) is 13.8. The van der Waals surface area contributed by atoms with E-state index < -0.39 is 0 Å². The summed E-state index contributed by atoms with van der Waals surface area (Å²) in [6.45, 7) is 9.31. The lowest BCUT2D eigenvalue weighted by Crippen LogP contribution is -2.61. The fraction of sp³-hybridized carbons (Fsp3) is 0.952. The maximum Gasteiger partial charge on any atom is 0.220 e. The van der Waals surface area contributed by atoms with Crippen LogP contribution in [0.25, 0.3) is 0 Å². The minimum atomic E-state index is -0.188. The summed E-state index contributed by atoms with van der Waals surface area (Å²) in [6.07, 6.45) is 7.86. The number of aliphatic hydroxyl groups excluding tert-OH is 1. The molecule has 9 atom stereocenters. The van der Waals surface area contributed by atoms with Gasteiger partial charge in [0.1, 0.15) is 0 Å². The molecule has 0 radical (unpaired) electrons. The molecule has 0 aromatic rings. The minimum Gasteiger partial charge on any atom is -0.393 e. The number of amides is 1. The van der Waals surface area contributed by atoms with Crippen LogP contribution in [0, 0.1) is 40.4 Å². The van der Waals surface area contributed by atoms with Crippen molar-refractivity contribution in [3.63, 3.8) is 0 Å². The number of piperidine rings is 1. The smallest absolute Gasteiger partial charge is 0.220 e. The summed E-state index contributed by atoms with van der Waals surface area (Å²) in [7, 11) is 0. The third kappa shape index (κ3) is 2.15. The number of fused-ring (bicyclic) bond motifs is 5. The maximum absolute atomic E-state index is 11.9. The van der Waals surface area contributed by atoms with Crippen molar-refractivity contribution in [1.82, 2.24) is 5.32 Å². The predicted molar refractivity (Wildman–Crippen MR) is 95.3 cm³/mol. The summed E-state index contributed by atoms with van der Waals surface area (Å²) < 4.78 is 0. The van der Waals surface area contributed by atoms with Gasteiger partial charge in [-0.15, -0.1) is 0 Å². The molecule has 4 rings (SSSR count). The van der Waals surface area contributed by atoms with Gasteiger partial charge >= 0.3 is 0 Å². The van der Waals surface area contributed by atoms with E-state index in [1.807, 2.05) is 6.92 Å². The lowest BCUT2D eigenvalue weighted by molar-refractivity contribution is -0.138. The third-order valence-corrected chi connectivity index (χ3v) is 9.05. The third-order valence-electron chi connectivity index (χ3n) is 9.05. The van der Waals surface area contributed by atoms with Crippen LogP contribution in [0.1, 0.15) is 72.6 Å². The Morgan fingerprint density at radius 3 is 2.58 bits per heavy atom. The summed E-state index contributed by atoms with van der Waals surface area (Å²) in [5.41, 5.74) is 0.611. The molecule has 2 N–H and O–H groups in total. The van der Waals surface area contributed by atoms with Crippen molar-refractivity contribution in [2.24, 2.45) is 40.4 Å². The molecule has 3 heteroatoms. The second-order valence-electron chi connectivity index (χ2n) is 10.1. The van der Waals surface area contributed by atoms with Crippen LogP contribution in [0.5, 0.6) is 0 Å². The highest BCUT2D eigenvalue weighted by Crippen LogP contribution is 2.67. The standard InChI is InChI=1S/C21H35NO2/c1-12-11-16-14-5-6-17-20(3,10-8-18(24)22-17)15(14)7-9-21(16,4)19(12)13(2)23/h12-17,19,23H,5-11H2,1-4H3,(H,22,24)/t12-,13?,14+,15-,16-,17+,19+,20+,21-/m0/s1. The first kappa shape index (κ1) is 16.9. The SMILES string of the molecule is CC(O)[C@H]1[C@@H](C)C[C@H]2[C@@H]3CC[C@H]4NC(=O)CC[C@]4(C)[C@H]3CC[C@@]21C. The highest BCUT2D eigenvalue weighted by molar-refractivity contribution is 5.77. The lowest BCUT2D eigenvalue weighted by Gasteiger charge is -2.60. The second kappa shape index (κ2) is 5.46. The van der Waals surface area contributed by atoms with Crippen molar-refractivity contribution in [1.29, 1.82) is 0 Å². The van der Waals surface area contributed by atoms with Crippen molar-refractivity contribution >= 4 is 5.91 Å². The van der Waals surface area contributed by atoms with Crippen LogP contribution in [0.3, 0.4) is 0 Å². The summed E-state index contributed by atoms with van der Waals surface area (Å²) in [4.78, 5) is 11.9. The Hall–Kier alpha value is -0.570. The molecular weight excluding hydrogens is 298 g/mol. The van der Waals surface area contributed by atoms with Crippen LogP contribution in [0.2, 0.25) is 0 Å². The number of carbonyl (C=O) groups is 1. The average molecular weight is 334 g/mol. The van der Waals surface area contributed by atoms with Crippen LogP contribution in [-0.2, 0) is 4.79 Å². The molecule has 3 nitrogen and oxygen atoms in total. The van der Waals surface area contributed by atoms with Crippen LogP contribution >= 0.6 is 0 Å². The van der Waals surface area contributed by atoms with Crippen molar-refractivity contribution in [2.45, 2.75) is 84.8 Å². The molecule has 1 aliphatic heterocycles. The number of rotatable bonds is 1. The normalized spacial score (nSPS) is 55.1. The van der Waals surface area contributed by atoms with Crippen LogP contribution < -0.4 is 5.32 Å². The van der Waals surface area contributed by atoms with Gasteiger partial charge in [-0.3, -0.25) is 4.79 Å². The number of hydrogen-bond acceptors (Lipinski definition) is 2. The van der Waals surface area contributed by atoms with Crippen molar-refractivity contribution in [3.8, 4) is 0 Å². The Morgan fingerprint density at radius 2 is 1.88 bits per heavy atom. The van der Waals surface area contributed by atoms with Crippen molar-refractivity contribution < 1.29 is 9.90 Å². The monoisotopic (exact) mass is 333 g/mol. The average Bonchev–Trinajstić information content (AvgIpc) is 2.78. The van der Waals surface area contributed by atoms with E-state index in [4.69, 9.17) is 0 Å². The molecule has 1 unspecified atom stereocenters. The quantitative estimate of drug-likeness (QED) is 0.768. The van der Waals surface area contributed by atoms with Crippen LogP contribution in [-0.4, -0.2) is 23.2 Å². The Labute approximate surface area is 147 Å². The first-order chi connectivity index (χ1) is 11.3. The number of nitrogens with one attached hydrogen (secondary N) is 1. The molecule has 0 spiro atoms. The van der Waals surface area contributed by atoms with Gasteiger partial charge in [0.05, 0.1) is 6.10 Å². The van der Waals surface area contributed by atoms with Gasteiger partial charge < -0.3 is 10.4 Å². The Kier molecular flexibility index (Phi) is 3.84. The molecule has 24 heavy (non-hydrogen) atoms. The zero-order chi connectivity index (χ0) is 17.3. The van der Waals surface area contributed by atoms with E-state index in [0.29, 0.717) is 35.1 Å². The van der Waals surface area contributed by atoms with E-state index in [9.17, 15) is 9.90 Å². The van der Waals surface area contributed by atoms with Crippen LogP contribution in [0.4, 0.5) is 0 Å². The molecule has 0 aromatic carbocycles. The largest absolute Gasteiger partial charge is 0.393 e. The zero-order valence-corrected chi connectivity index (χ0v) is 15.8. The fourth-order valence-electron chi connectivity index (χ4n) is 8.13. The van der Waals surface area contributed by atoms with Gasteiger partial charge in [-0.05, 0) is 85.9 Å². The van der Waals surface area contributed by atoms with Gasteiger partial charge in [-0.1, -0.05) is 20.8 Å². The molecule has 0 bridgehead atoms. The first-order valence-corrected chi connectivity index (χ1v) is 10.2. The minimum absolute atomic E-state index is 0.188. The van der Waals surface area contributed by atoms with E-state index in [2.05, 4.69) is 26.1 Å². The van der Waals surface area contributed by atoms with E-state index >= 15 is 0 Å². The van der Waals surface area contributed by atoms with Gasteiger partial charge in [-0.2, -0.15) is 0 Å². The van der Waals surface area contributed by atoms with Gasteiger partial charge in [0.15, 0.2) is 0 Å². The lowest BCUT2D eigenvalue weighted by atomic mass is 9.47. The van der Waals surface area contributed by atoms with Gasteiger partial charge in [0, 0.05) is 12.5 Å². The Morgan fingerprint density at radius 1 is 1.12 bits per heavy atom. The van der Waals surface area contributed by atoms with Gasteiger partial charge in [-0.25, -0.2) is 0 Å². The van der Waals surface area contributed by atoms with E-state index in [1.165, 1.54) is 25.7 Å². The molecule has 1 heterocycles. The molecule has 136 valence electrons. The predicted octanol–water partition coefficient (Wildman–Crippen LogP) is 3.75. The number of aliphatic hydroxyl groups is 1. The van der Waals surface area contributed by atoms with Crippen LogP contribution in [0.15, 0.2) is 0 Å². The second-order valence-corrected chi connectivity index (χ2v) is 10.1. The molecule has 4 aliphatic rings. The Bertz CT molecular complexity index is 532. The topological polar surface area (TPSA) is 49.3 Å². The molecule has 3 aliphatic carbocycles. The van der Waals surface area contributed by atoms with E-state index in [0.717, 1.165) is 30.6 Å². The molecule has 4 fully saturated rings. The molecule has 3 saturated carbocycles. The summed E-state index contributed by atoms with van der Waals surface area (Å²) in [6, 6.07) is 0.399. The highest BCUT2D eigenvalue weighted by atomic mass is 16.3. The Balaban J connectivity index is 1.64. The zero-order valence-electron chi connectivity index (χ0n) is 15.8. The molecule has 1 amide bonds. The fourth-order valence-corrected chi connectivity index (χ4v) is 8.13. The molecule has 0 aromatic heterocycles. The molecule has 1 saturated heterocycles. The summed E-state index contributed by atoms with van der Waals surface area (Å²) >= 11 is 0. The number of hydrogen-bond donors (Lipinski definition) is 2. The van der Waals surface area contributed by atoms with Crippen molar-refractivity contribution in [3.05, 3.63) is 0 Å². The highest BCUT2D eigenvalue weighted by Gasteiger charge is 2.62. The summed E-state index contributed by atoms with van der Waals surface area (Å²) in [5.74, 6) is 3.68. The van der Waals surface area contributed by atoms with Gasteiger partial charge in [0.2, 0.25) is 5.91 Å². The number of carbonyl (C=O) groups excluding carboxylic acids is 1. The van der Waals surface area contributed by atoms with E-state index in [-0.39, 0.29) is 12.0 Å². The maximum atomic E-state index is 11.9. The van der Waals surface area contributed by atoms with Crippen molar-refractivity contribution in [2.75, 3.05) is 0 Å². The van der Waals surface area contributed by atoms with Gasteiger partial charge in [0.25, 0.3) is 0 Å². The first-order valence-electron chi connectivity index (χ1n) is 10.2. The molecular formula is C21H35NO2. The van der Waals surface area contributed by atoms with E-state index in [1.54, 1.807) is 0 Å².